The first-order valence-electron chi connectivity index (χ1n) is 10.3. The Kier molecular flexibility index (Phi) is 18.5. The Morgan fingerprint density at radius 1 is 0.893 bits per heavy atom. The van der Waals surface area contributed by atoms with E-state index in [0.29, 0.717) is 39.0 Å². The van der Waals surface area contributed by atoms with Crippen molar-refractivity contribution in [2.75, 3.05) is 72.7 Å². The molecular weight excluding hydrogens is 397 g/mol. The number of carbonyl (C=O) groups is 1. The van der Waals surface area contributed by atoms with Gasteiger partial charge in [0, 0.05) is 71.7 Å². The molecule has 4 N–H and O–H groups in total. The van der Waals surface area contributed by atoms with Crippen molar-refractivity contribution in [1.82, 2.24) is 25.9 Å². The average Bonchev–Trinajstić information content (AvgIpc) is 2.66. The second kappa shape index (κ2) is 18.7. The van der Waals surface area contributed by atoms with Crippen LogP contribution in [0.4, 0.5) is 4.79 Å². The van der Waals surface area contributed by atoms with Gasteiger partial charge in [0.15, 0.2) is 0 Å². The third kappa shape index (κ3) is 14.6. The molecule has 1 atom stereocenters. The molecule has 0 heterocycles. The van der Waals surface area contributed by atoms with Crippen molar-refractivity contribution >= 4 is 24.2 Å². The van der Waals surface area contributed by atoms with E-state index >= 15 is 0 Å². The third-order valence-electron chi connectivity index (χ3n) is 3.85. The lowest BCUT2D eigenvalue weighted by molar-refractivity contribution is 0.0708. The Bertz CT molecular complexity index is 368. The van der Waals surface area contributed by atoms with Gasteiger partial charge in [-0.15, -0.1) is 0 Å². The van der Waals surface area contributed by atoms with Gasteiger partial charge in [-0.3, -0.25) is 4.67 Å². The molecule has 0 bridgehead atoms. The van der Waals surface area contributed by atoms with Crippen LogP contribution in [0.3, 0.4) is 0 Å². The summed E-state index contributed by atoms with van der Waals surface area (Å²) < 4.78 is 19.5. The van der Waals surface area contributed by atoms with Gasteiger partial charge >= 0.3 is 14.8 Å². The molecule has 28 heavy (non-hydrogen) atoms. The molecule has 11 heteroatoms. The summed E-state index contributed by atoms with van der Waals surface area (Å²) in [7, 11) is 2.01. The fourth-order valence-corrected chi connectivity index (χ4v) is 5.43. The Morgan fingerprint density at radius 2 is 1.46 bits per heavy atom. The molecule has 0 aromatic carbocycles. The van der Waals surface area contributed by atoms with Crippen molar-refractivity contribution in [1.29, 1.82) is 0 Å². The molecule has 0 saturated heterocycles. The lowest BCUT2D eigenvalue weighted by Gasteiger charge is -2.28. The molecule has 0 aliphatic carbocycles. The van der Waals surface area contributed by atoms with Gasteiger partial charge in [0.25, 0.3) is 0 Å². The van der Waals surface area contributed by atoms with Gasteiger partial charge in [0.2, 0.25) is 0 Å². The number of urea groups is 1. The second-order valence-electron chi connectivity index (χ2n) is 6.16. The van der Waals surface area contributed by atoms with Crippen LogP contribution in [0.5, 0.6) is 0 Å². The summed E-state index contributed by atoms with van der Waals surface area (Å²) in [5, 5.41) is 12.2. The van der Waals surface area contributed by atoms with Crippen molar-refractivity contribution in [3.8, 4) is 0 Å². The van der Waals surface area contributed by atoms with Crippen molar-refractivity contribution in [3.63, 3.8) is 0 Å². The van der Waals surface area contributed by atoms with E-state index in [9.17, 15) is 4.79 Å². The highest BCUT2D eigenvalue weighted by molar-refractivity contribution is 7.13. The first kappa shape index (κ1) is 27.7. The van der Waals surface area contributed by atoms with Crippen LogP contribution in [0.2, 0.25) is 6.04 Å². The topological polar surface area (TPSA) is 96.1 Å². The van der Waals surface area contributed by atoms with Crippen LogP contribution in [0, 0.1) is 0 Å². The molecule has 0 rings (SSSR count). The zero-order valence-electron chi connectivity index (χ0n) is 18.1. The van der Waals surface area contributed by atoms with Gasteiger partial charge in [-0.1, -0.05) is 9.39 Å². The predicted octanol–water partition coefficient (Wildman–Crippen LogP) is 0.625. The minimum Gasteiger partial charge on any atom is -0.374 e. The highest BCUT2D eigenvalue weighted by Gasteiger charge is 2.39. The van der Waals surface area contributed by atoms with Gasteiger partial charge in [0.05, 0.1) is 0 Å². The van der Waals surface area contributed by atoms with E-state index in [1.807, 2.05) is 27.8 Å². The lowest BCUT2D eigenvalue weighted by atomic mass is 10.5. The minimum absolute atomic E-state index is 0.151. The molecule has 0 aliphatic heterocycles. The van der Waals surface area contributed by atoms with Crippen LogP contribution in [0.25, 0.3) is 0 Å². The minimum atomic E-state index is -2.62. The SMILES string of the molecule is CCO[Si](CCCNC(=O)NCCN(P)CCNCCNC)(OCC)OCC. The third-order valence-corrected chi connectivity index (χ3v) is 7.52. The Labute approximate surface area is 174 Å². The molecule has 168 valence electrons. The van der Waals surface area contributed by atoms with Crippen molar-refractivity contribution in [2.24, 2.45) is 0 Å². The Hall–Kier alpha value is -0.323. The summed E-state index contributed by atoms with van der Waals surface area (Å²) in [6, 6.07) is 0.546. The smallest absolute Gasteiger partial charge is 0.374 e. The van der Waals surface area contributed by atoms with Crippen LogP contribution >= 0.6 is 9.39 Å². The van der Waals surface area contributed by atoms with E-state index in [4.69, 9.17) is 13.3 Å². The number of likely N-dealkylation sites (N-methyl/N-ethyl adjacent to an activating group) is 1. The van der Waals surface area contributed by atoms with E-state index in [1.54, 1.807) is 0 Å². The molecule has 0 spiro atoms. The van der Waals surface area contributed by atoms with E-state index in [0.717, 1.165) is 39.1 Å². The number of rotatable bonds is 19. The van der Waals surface area contributed by atoms with Crippen LogP contribution in [-0.2, 0) is 13.3 Å². The largest absolute Gasteiger partial charge is 0.500 e. The number of nitrogens with one attached hydrogen (secondary N) is 4. The fraction of sp³-hybridized carbons (Fsp3) is 0.941. The summed E-state index contributed by atoms with van der Waals surface area (Å²) in [6.45, 7) is 13.2. The van der Waals surface area contributed by atoms with Crippen molar-refractivity contribution in [3.05, 3.63) is 0 Å². The van der Waals surface area contributed by atoms with Crippen molar-refractivity contribution < 1.29 is 18.1 Å². The van der Waals surface area contributed by atoms with Gasteiger partial charge in [0.1, 0.15) is 0 Å². The molecule has 2 amide bonds. The quantitative estimate of drug-likeness (QED) is 0.133. The Morgan fingerprint density at radius 3 is 2.04 bits per heavy atom. The van der Waals surface area contributed by atoms with Crippen LogP contribution in [-0.4, -0.2) is 92.2 Å². The monoisotopic (exact) mass is 439 g/mol. The molecule has 0 radical (unpaired) electrons. The number of nitrogens with zero attached hydrogens (tertiary/aromatic N) is 1. The molecule has 0 fully saturated rings. The number of hydrogen-bond acceptors (Lipinski definition) is 7. The van der Waals surface area contributed by atoms with E-state index in [2.05, 4.69) is 35.3 Å². The normalized spacial score (nSPS) is 11.8. The van der Waals surface area contributed by atoms with Gasteiger partial charge in [-0.2, -0.15) is 0 Å². The van der Waals surface area contributed by atoms with Crippen LogP contribution < -0.4 is 21.3 Å². The second-order valence-corrected chi connectivity index (χ2v) is 9.62. The standard InChI is InChI=1S/C17H42N5O4PSi/c1-5-24-28(25-6-2,26-7-3)16-8-9-20-17(23)21-13-15-22(27)14-12-19-11-10-18-4/h18-19H,5-16,27H2,1-4H3,(H2,20,21,23). The molecule has 9 nitrogen and oxygen atoms in total. The lowest BCUT2D eigenvalue weighted by Crippen LogP contribution is -2.46. The summed E-state index contributed by atoms with van der Waals surface area (Å²) >= 11 is 0. The number of hydrogen-bond donors (Lipinski definition) is 4. The first-order valence-corrected chi connectivity index (χ1v) is 12.8. The maximum absolute atomic E-state index is 11.9. The molecule has 0 aromatic rings. The zero-order chi connectivity index (χ0) is 21.1. The van der Waals surface area contributed by atoms with E-state index in [1.165, 1.54) is 0 Å². The summed E-state index contributed by atoms with van der Waals surface area (Å²) in [5.74, 6) is 0. The Balaban J connectivity index is 3.87. The van der Waals surface area contributed by atoms with Gasteiger partial charge in [-0.25, -0.2) is 4.79 Å². The highest BCUT2D eigenvalue weighted by atomic mass is 31.0. The summed E-state index contributed by atoms with van der Waals surface area (Å²) in [6.07, 6.45) is 0.758. The molecule has 0 aliphatic rings. The predicted molar refractivity (Wildman–Crippen MR) is 120 cm³/mol. The van der Waals surface area contributed by atoms with Crippen molar-refractivity contribution in [2.45, 2.75) is 33.2 Å². The number of amides is 2. The van der Waals surface area contributed by atoms with Crippen LogP contribution in [0.15, 0.2) is 0 Å². The zero-order valence-corrected chi connectivity index (χ0v) is 20.3. The van der Waals surface area contributed by atoms with Gasteiger partial charge in [-0.05, 0) is 34.2 Å². The average molecular weight is 440 g/mol. The summed E-state index contributed by atoms with van der Waals surface area (Å²) in [5.41, 5.74) is 0. The molecular formula is C17H42N5O4PSi. The van der Waals surface area contributed by atoms with E-state index < -0.39 is 8.80 Å². The maximum atomic E-state index is 11.9. The molecule has 1 unspecified atom stereocenters. The first-order chi connectivity index (χ1) is 13.5. The maximum Gasteiger partial charge on any atom is 0.500 e. The molecule has 0 saturated carbocycles. The fourth-order valence-electron chi connectivity index (χ4n) is 2.56. The van der Waals surface area contributed by atoms with Crippen LogP contribution in [0.1, 0.15) is 27.2 Å². The summed E-state index contributed by atoms with van der Waals surface area (Å²) in [4.78, 5) is 11.9. The highest BCUT2D eigenvalue weighted by Crippen LogP contribution is 2.17. The molecule has 0 aromatic heterocycles. The van der Waals surface area contributed by atoms with Gasteiger partial charge < -0.3 is 34.5 Å². The van der Waals surface area contributed by atoms with E-state index in [-0.39, 0.29) is 6.03 Å². The number of carbonyl (C=O) groups excluding carboxylic acids is 1.